The van der Waals surface area contributed by atoms with Gasteiger partial charge in [0.05, 0.1) is 12.0 Å². The molecule has 0 aromatic carbocycles. The van der Waals surface area contributed by atoms with Crippen molar-refractivity contribution in [3.05, 3.63) is 30.7 Å². The molecule has 0 saturated heterocycles. The van der Waals surface area contributed by atoms with Crippen molar-refractivity contribution in [2.75, 3.05) is 5.73 Å². The lowest BCUT2D eigenvalue weighted by atomic mass is 9.92. The van der Waals surface area contributed by atoms with Gasteiger partial charge in [0.2, 0.25) is 0 Å². The first-order valence-corrected chi connectivity index (χ1v) is 6.18. The Bertz CT molecular complexity index is 561. The summed E-state index contributed by atoms with van der Waals surface area (Å²) in [5.74, 6) is 0. The monoisotopic (exact) mass is 244 g/mol. The average Bonchev–Trinajstić information content (AvgIpc) is 2.68. The molecule has 0 fully saturated rings. The van der Waals surface area contributed by atoms with Gasteiger partial charge in [-0.1, -0.05) is 32.9 Å². The Morgan fingerprint density at radius 2 is 2.06 bits per heavy atom. The number of anilines is 1. The lowest BCUT2D eigenvalue weighted by Gasteiger charge is -2.14. The van der Waals surface area contributed by atoms with Crippen LogP contribution in [0.4, 0.5) is 5.69 Å². The van der Waals surface area contributed by atoms with Gasteiger partial charge in [0.1, 0.15) is 5.52 Å². The van der Waals surface area contributed by atoms with Crippen LogP contribution in [-0.4, -0.2) is 14.5 Å². The number of aromatic nitrogens is 3. The summed E-state index contributed by atoms with van der Waals surface area (Å²) in [7, 11) is 0. The number of imidazole rings is 1. The third-order valence-electron chi connectivity index (χ3n) is 2.73. The molecule has 0 aliphatic heterocycles. The maximum absolute atomic E-state index is 5.85. The number of nitrogen functional groups attached to an aromatic ring is 1. The number of fused-ring (bicyclic) bond motifs is 1. The van der Waals surface area contributed by atoms with Crippen LogP contribution in [0.15, 0.2) is 30.7 Å². The van der Waals surface area contributed by atoms with Gasteiger partial charge in [-0.25, -0.2) is 9.97 Å². The van der Waals surface area contributed by atoms with Crippen molar-refractivity contribution in [1.82, 2.24) is 14.5 Å². The van der Waals surface area contributed by atoms with Crippen molar-refractivity contribution in [2.24, 2.45) is 5.41 Å². The maximum atomic E-state index is 5.85. The molecule has 0 aliphatic rings. The molecule has 0 radical (unpaired) electrons. The van der Waals surface area contributed by atoms with E-state index in [0.29, 0.717) is 11.1 Å². The molecule has 2 N–H and O–H groups in total. The Morgan fingerprint density at radius 1 is 1.28 bits per heavy atom. The van der Waals surface area contributed by atoms with E-state index in [1.165, 1.54) is 0 Å². The molecule has 0 atom stereocenters. The Hall–Kier alpha value is -1.84. The summed E-state index contributed by atoms with van der Waals surface area (Å²) in [5, 5.41) is 0. The Morgan fingerprint density at radius 3 is 2.78 bits per heavy atom. The number of hydrogen-bond acceptors (Lipinski definition) is 3. The quantitative estimate of drug-likeness (QED) is 0.844. The van der Waals surface area contributed by atoms with Crippen molar-refractivity contribution in [3.63, 3.8) is 0 Å². The summed E-state index contributed by atoms with van der Waals surface area (Å²) in [5.41, 5.74) is 8.48. The smallest absolute Gasteiger partial charge is 0.162 e. The molecule has 2 heterocycles. The van der Waals surface area contributed by atoms with Crippen LogP contribution >= 0.6 is 0 Å². The predicted octanol–water partition coefficient (Wildman–Crippen LogP) is 3.01. The number of rotatable bonds is 3. The molecule has 0 spiro atoms. The normalized spacial score (nSPS) is 12.6. The summed E-state index contributed by atoms with van der Waals surface area (Å²) < 4.78 is 2.00. The van der Waals surface area contributed by atoms with E-state index in [1.54, 1.807) is 18.6 Å². The van der Waals surface area contributed by atoms with Crippen molar-refractivity contribution in [2.45, 2.75) is 33.7 Å². The van der Waals surface area contributed by atoms with Crippen LogP contribution in [-0.2, 0) is 6.54 Å². The van der Waals surface area contributed by atoms with Gasteiger partial charge in [-0.2, -0.15) is 0 Å². The third-order valence-corrected chi connectivity index (χ3v) is 2.73. The largest absolute Gasteiger partial charge is 0.397 e. The number of nitrogens with two attached hydrogens (primary N) is 1. The first-order valence-electron chi connectivity index (χ1n) is 6.18. The van der Waals surface area contributed by atoms with Crippen LogP contribution < -0.4 is 5.73 Å². The highest BCUT2D eigenvalue weighted by molar-refractivity contribution is 5.83. The van der Waals surface area contributed by atoms with E-state index in [1.807, 2.05) is 4.57 Å². The zero-order chi connectivity index (χ0) is 13.2. The molecule has 0 unspecified atom stereocenters. The first kappa shape index (κ1) is 12.6. The standard InChI is InChI=1S/C14H20N4/c1-14(2,3)7-4-5-9-18-10-17-12-11(15)6-8-16-13(12)18/h4-6,8,10H,7,9H2,1-3H3,(H2,15,16)/b5-4+. The minimum atomic E-state index is 0.330. The molecule has 2 aromatic heterocycles. The highest BCUT2D eigenvalue weighted by atomic mass is 15.1. The second-order valence-corrected chi connectivity index (χ2v) is 5.71. The maximum Gasteiger partial charge on any atom is 0.162 e. The fraction of sp³-hybridized carbons (Fsp3) is 0.429. The number of pyridine rings is 1. The molecule has 18 heavy (non-hydrogen) atoms. The lowest BCUT2D eigenvalue weighted by Crippen LogP contribution is -2.02. The highest BCUT2D eigenvalue weighted by Gasteiger charge is 2.07. The van der Waals surface area contributed by atoms with Crippen molar-refractivity contribution >= 4 is 16.9 Å². The van der Waals surface area contributed by atoms with Gasteiger partial charge in [-0.3, -0.25) is 0 Å². The molecule has 2 aromatic rings. The summed E-state index contributed by atoms with van der Waals surface area (Å²) in [6.45, 7) is 7.47. The number of nitrogens with zero attached hydrogens (tertiary/aromatic N) is 3. The molecule has 0 aliphatic carbocycles. The van der Waals surface area contributed by atoms with Crippen molar-refractivity contribution in [3.8, 4) is 0 Å². The lowest BCUT2D eigenvalue weighted by molar-refractivity contribution is 0.420. The van der Waals surface area contributed by atoms with E-state index in [0.717, 1.165) is 24.1 Å². The van der Waals surface area contributed by atoms with Crippen LogP contribution in [0, 0.1) is 5.41 Å². The van der Waals surface area contributed by atoms with Crippen LogP contribution in [0.25, 0.3) is 11.2 Å². The van der Waals surface area contributed by atoms with E-state index in [-0.39, 0.29) is 0 Å². The van der Waals surface area contributed by atoms with Gasteiger partial charge in [0.25, 0.3) is 0 Å². The average molecular weight is 244 g/mol. The minimum Gasteiger partial charge on any atom is -0.397 e. The Kier molecular flexibility index (Phi) is 3.36. The highest BCUT2D eigenvalue weighted by Crippen LogP contribution is 2.19. The summed E-state index contributed by atoms with van der Waals surface area (Å²) >= 11 is 0. The van der Waals surface area contributed by atoms with Gasteiger partial charge in [-0.15, -0.1) is 0 Å². The van der Waals surface area contributed by atoms with Crippen molar-refractivity contribution < 1.29 is 0 Å². The molecule has 0 bridgehead atoms. The first-order chi connectivity index (χ1) is 8.47. The molecule has 4 nitrogen and oxygen atoms in total. The second-order valence-electron chi connectivity index (χ2n) is 5.71. The van der Waals surface area contributed by atoms with Crippen LogP contribution in [0.2, 0.25) is 0 Å². The summed E-state index contributed by atoms with van der Waals surface area (Å²) in [6, 6.07) is 1.77. The predicted molar refractivity (Wildman–Crippen MR) is 75.2 cm³/mol. The minimum absolute atomic E-state index is 0.330. The van der Waals surface area contributed by atoms with E-state index < -0.39 is 0 Å². The van der Waals surface area contributed by atoms with Gasteiger partial charge in [-0.05, 0) is 17.9 Å². The second kappa shape index (κ2) is 4.80. The molecule has 2 rings (SSSR count). The van der Waals surface area contributed by atoms with E-state index >= 15 is 0 Å². The molecule has 4 heteroatoms. The van der Waals surface area contributed by atoms with Gasteiger partial charge >= 0.3 is 0 Å². The molecular weight excluding hydrogens is 224 g/mol. The fourth-order valence-electron chi connectivity index (χ4n) is 1.74. The topological polar surface area (TPSA) is 56.7 Å². The third kappa shape index (κ3) is 2.88. The van der Waals surface area contributed by atoms with E-state index in [4.69, 9.17) is 5.73 Å². The van der Waals surface area contributed by atoms with Crippen LogP contribution in [0.3, 0.4) is 0 Å². The van der Waals surface area contributed by atoms with Crippen molar-refractivity contribution in [1.29, 1.82) is 0 Å². The Labute approximate surface area is 108 Å². The van der Waals surface area contributed by atoms with E-state index in [2.05, 4.69) is 42.9 Å². The zero-order valence-corrected chi connectivity index (χ0v) is 11.2. The molecule has 0 amide bonds. The number of hydrogen-bond donors (Lipinski definition) is 1. The van der Waals surface area contributed by atoms with Crippen LogP contribution in [0.5, 0.6) is 0 Å². The fourth-order valence-corrected chi connectivity index (χ4v) is 1.74. The molecule has 0 saturated carbocycles. The van der Waals surface area contributed by atoms with Gasteiger partial charge in [0.15, 0.2) is 5.65 Å². The van der Waals surface area contributed by atoms with Crippen LogP contribution in [0.1, 0.15) is 27.2 Å². The van der Waals surface area contributed by atoms with E-state index in [9.17, 15) is 0 Å². The SMILES string of the molecule is CC(C)(C)C/C=C/Cn1cnc2c(N)ccnc21. The number of allylic oxidation sites excluding steroid dienone is 2. The molecular formula is C14H20N4. The summed E-state index contributed by atoms with van der Waals surface area (Å²) in [6.07, 6.45) is 8.93. The summed E-state index contributed by atoms with van der Waals surface area (Å²) in [4.78, 5) is 8.60. The molecule has 96 valence electrons. The van der Waals surface area contributed by atoms with Gasteiger partial charge < -0.3 is 10.3 Å². The Balaban J connectivity index is 2.11. The van der Waals surface area contributed by atoms with Gasteiger partial charge in [0, 0.05) is 12.7 Å². The zero-order valence-electron chi connectivity index (χ0n) is 11.2.